The average molecular weight is 278 g/mol. The minimum Gasteiger partial charge on any atom is -0.395 e. The van der Waals surface area contributed by atoms with Gasteiger partial charge in [-0.2, -0.15) is 0 Å². The highest BCUT2D eigenvalue weighted by atomic mass is 16.5. The SMILES string of the molecule is CCOC1CC(Nc2ccc(C(=O)NCCO)cc2)C1. The molecule has 0 saturated heterocycles. The van der Waals surface area contributed by atoms with Crippen molar-refractivity contribution in [2.75, 3.05) is 25.1 Å². The van der Waals surface area contributed by atoms with E-state index in [0.717, 1.165) is 25.1 Å². The smallest absolute Gasteiger partial charge is 0.251 e. The van der Waals surface area contributed by atoms with Crippen molar-refractivity contribution < 1.29 is 14.6 Å². The number of carbonyl (C=O) groups is 1. The van der Waals surface area contributed by atoms with Gasteiger partial charge >= 0.3 is 0 Å². The van der Waals surface area contributed by atoms with Gasteiger partial charge in [-0.25, -0.2) is 0 Å². The topological polar surface area (TPSA) is 70.6 Å². The fraction of sp³-hybridized carbons (Fsp3) is 0.533. The van der Waals surface area contributed by atoms with Crippen molar-refractivity contribution in [3.63, 3.8) is 0 Å². The molecule has 0 spiro atoms. The number of amides is 1. The van der Waals surface area contributed by atoms with Gasteiger partial charge in [0.1, 0.15) is 0 Å². The molecule has 5 nitrogen and oxygen atoms in total. The van der Waals surface area contributed by atoms with Crippen LogP contribution in [-0.2, 0) is 4.74 Å². The summed E-state index contributed by atoms with van der Waals surface area (Å²) in [7, 11) is 0. The molecule has 0 atom stereocenters. The number of ether oxygens (including phenoxy) is 1. The van der Waals surface area contributed by atoms with Gasteiger partial charge in [-0.1, -0.05) is 0 Å². The summed E-state index contributed by atoms with van der Waals surface area (Å²) in [6, 6.07) is 7.84. The van der Waals surface area contributed by atoms with E-state index in [2.05, 4.69) is 10.6 Å². The molecule has 2 rings (SSSR count). The number of benzene rings is 1. The van der Waals surface area contributed by atoms with E-state index >= 15 is 0 Å². The summed E-state index contributed by atoms with van der Waals surface area (Å²) >= 11 is 0. The summed E-state index contributed by atoms with van der Waals surface area (Å²) in [5.74, 6) is -0.161. The number of carbonyl (C=O) groups excluding carboxylic acids is 1. The first-order chi connectivity index (χ1) is 9.72. The van der Waals surface area contributed by atoms with Gasteiger partial charge in [-0.05, 0) is 44.0 Å². The number of aliphatic hydroxyl groups excluding tert-OH is 1. The molecule has 110 valence electrons. The lowest BCUT2D eigenvalue weighted by Gasteiger charge is -2.36. The van der Waals surface area contributed by atoms with Crippen LogP contribution in [0.25, 0.3) is 0 Å². The van der Waals surface area contributed by atoms with Crippen LogP contribution in [0.2, 0.25) is 0 Å². The van der Waals surface area contributed by atoms with Crippen molar-refractivity contribution in [2.45, 2.75) is 31.9 Å². The van der Waals surface area contributed by atoms with Crippen LogP contribution in [0, 0.1) is 0 Å². The maximum Gasteiger partial charge on any atom is 0.251 e. The third kappa shape index (κ3) is 3.95. The van der Waals surface area contributed by atoms with Gasteiger partial charge in [0, 0.05) is 30.4 Å². The third-order valence-electron chi connectivity index (χ3n) is 3.41. The molecule has 1 aliphatic carbocycles. The summed E-state index contributed by atoms with van der Waals surface area (Å²) in [5, 5.41) is 14.7. The van der Waals surface area contributed by atoms with Crippen LogP contribution >= 0.6 is 0 Å². The molecule has 1 aromatic rings. The Morgan fingerprint density at radius 3 is 2.65 bits per heavy atom. The zero-order valence-corrected chi connectivity index (χ0v) is 11.8. The van der Waals surface area contributed by atoms with Crippen molar-refractivity contribution in [3.8, 4) is 0 Å². The summed E-state index contributed by atoms with van der Waals surface area (Å²) < 4.78 is 5.52. The van der Waals surface area contributed by atoms with E-state index in [0.29, 0.717) is 17.7 Å². The molecule has 1 amide bonds. The molecule has 0 aliphatic heterocycles. The molecule has 0 radical (unpaired) electrons. The fourth-order valence-corrected chi connectivity index (χ4v) is 2.28. The Hall–Kier alpha value is -1.59. The highest BCUT2D eigenvalue weighted by Gasteiger charge is 2.29. The Kier molecular flexibility index (Phi) is 5.38. The monoisotopic (exact) mass is 278 g/mol. The second-order valence-electron chi connectivity index (χ2n) is 4.95. The largest absolute Gasteiger partial charge is 0.395 e. The molecule has 1 fully saturated rings. The zero-order valence-electron chi connectivity index (χ0n) is 11.8. The first-order valence-corrected chi connectivity index (χ1v) is 7.10. The van der Waals surface area contributed by atoms with Crippen molar-refractivity contribution >= 4 is 11.6 Å². The van der Waals surface area contributed by atoms with Gasteiger partial charge in [0.25, 0.3) is 5.91 Å². The Labute approximate surface area is 119 Å². The van der Waals surface area contributed by atoms with Crippen LogP contribution in [0.3, 0.4) is 0 Å². The number of aliphatic hydroxyl groups is 1. The van der Waals surface area contributed by atoms with Gasteiger partial charge in [-0.15, -0.1) is 0 Å². The Morgan fingerprint density at radius 1 is 1.35 bits per heavy atom. The molecule has 0 unspecified atom stereocenters. The molecule has 0 heterocycles. The second-order valence-corrected chi connectivity index (χ2v) is 4.95. The summed E-state index contributed by atoms with van der Waals surface area (Å²) in [4.78, 5) is 11.7. The normalized spacial score (nSPS) is 21.1. The van der Waals surface area contributed by atoms with E-state index in [1.54, 1.807) is 12.1 Å². The van der Waals surface area contributed by atoms with E-state index in [4.69, 9.17) is 9.84 Å². The summed E-state index contributed by atoms with van der Waals surface area (Å²) in [5.41, 5.74) is 1.62. The molecular formula is C15H22N2O3. The lowest BCUT2D eigenvalue weighted by molar-refractivity contribution is 0.00299. The van der Waals surface area contributed by atoms with Gasteiger partial charge in [0.15, 0.2) is 0 Å². The minimum absolute atomic E-state index is 0.0476. The molecule has 1 aliphatic rings. The predicted octanol–water partition coefficient (Wildman–Crippen LogP) is 1.39. The fourth-order valence-electron chi connectivity index (χ4n) is 2.28. The van der Waals surface area contributed by atoms with Crippen LogP contribution in [-0.4, -0.2) is 42.9 Å². The quantitative estimate of drug-likeness (QED) is 0.705. The Balaban J connectivity index is 1.79. The van der Waals surface area contributed by atoms with Crippen molar-refractivity contribution in [3.05, 3.63) is 29.8 Å². The number of rotatable bonds is 7. The number of anilines is 1. The van der Waals surface area contributed by atoms with Gasteiger partial charge in [0.2, 0.25) is 0 Å². The highest BCUT2D eigenvalue weighted by Crippen LogP contribution is 2.26. The van der Waals surface area contributed by atoms with Crippen molar-refractivity contribution in [2.24, 2.45) is 0 Å². The van der Waals surface area contributed by atoms with Crippen LogP contribution in [0.1, 0.15) is 30.1 Å². The average Bonchev–Trinajstić information content (AvgIpc) is 2.43. The zero-order chi connectivity index (χ0) is 14.4. The molecule has 20 heavy (non-hydrogen) atoms. The Morgan fingerprint density at radius 2 is 2.05 bits per heavy atom. The van der Waals surface area contributed by atoms with E-state index in [-0.39, 0.29) is 19.1 Å². The predicted molar refractivity (Wildman–Crippen MR) is 77.9 cm³/mol. The van der Waals surface area contributed by atoms with Gasteiger partial charge < -0.3 is 20.5 Å². The lowest BCUT2D eigenvalue weighted by atomic mass is 9.89. The lowest BCUT2D eigenvalue weighted by Crippen LogP contribution is -2.40. The first-order valence-electron chi connectivity index (χ1n) is 7.10. The molecule has 1 saturated carbocycles. The molecule has 1 aromatic carbocycles. The van der Waals surface area contributed by atoms with Crippen LogP contribution in [0.4, 0.5) is 5.69 Å². The number of hydrogen-bond acceptors (Lipinski definition) is 4. The standard InChI is InChI=1S/C15H22N2O3/c1-2-20-14-9-13(10-14)17-12-5-3-11(4-6-12)15(19)16-7-8-18/h3-6,13-14,17-18H,2,7-10H2,1H3,(H,16,19). The maximum atomic E-state index is 11.7. The van der Waals surface area contributed by atoms with Crippen LogP contribution in [0.15, 0.2) is 24.3 Å². The minimum atomic E-state index is -0.161. The van der Waals surface area contributed by atoms with Crippen molar-refractivity contribution in [1.82, 2.24) is 5.32 Å². The maximum absolute atomic E-state index is 11.7. The van der Waals surface area contributed by atoms with Crippen molar-refractivity contribution in [1.29, 1.82) is 0 Å². The summed E-state index contributed by atoms with van der Waals surface area (Å²) in [6.07, 6.45) is 2.46. The number of nitrogens with one attached hydrogen (secondary N) is 2. The molecule has 3 N–H and O–H groups in total. The number of hydrogen-bond donors (Lipinski definition) is 3. The third-order valence-corrected chi connectivity index (χ3v) is 3.41. The molecule has 0 bridgehead atoms. The van der Waals surface area contributed by atoms with E-state index in [1.807, 2.05) is 19.1 Å². The second kappa shape index (κ2) is 7.26. The van der Waals surface area contributed by atoms with E-state index in [1.165, 1.54) is 0 Å². The Bertz CT molecular complexity index is 427. The van der Waals surface area contributed by atoms with E-state index < -0.39 is 0 Å². The van der Waals surface area contributed by atoms with Crippen LogP contribution < -0.4 is 10.6 Å². The highest BCUT2D eigenvalue weighted by molar-refractivity contribution is 5.94. The summed E-state index contributed by atoms with van der Waals surface area (Å²) in [6.45, 7) is 3.02. The molecular weight excluding hydrogens is 256 g/mol. The first kappa shape index (κ1) is 14.8. The molecule has 5 heteroatoms. The van der Waals surface area contributed by atoms with E-state index in [9.17, 15) is 4.79 Å². The molecule has 0 aromatic heterocycles. The van der Waals surface area contributed by atoms with Crippen LogP contribution in [0.5, 0.6) is 0 Å². The van der Waals surface area contributed by atoms with Gasteiger partial charge in [-0.3, -0.25) is 4.79 Å². The van der Waals surface area contributed by atoms with Gasteiger partial charge in [0.05, 0.1) is 12.7 Å².